The first-order valence-corrected chi connectivity index (χ1v) is 10.8. The maximum atomic E-state index is 12.2. The van der Waals surface area contributed by atoms with Gasteiger partial charge in [0.05, 0.1) is 12.8 Å². The van der Waals surface area contributed by atoms with Gasteiger partial charge in [0.25, 0.3) is 6.01 Å². The first kappa shape index (κ1) is 24.2. The summed E-state index contributed by atoms with van der Waals surface area (Å²) in [6.07, 6.45) is 0.213. The Labute approximate surface area is 196 Å². The smallest absolute Gasteiger partial charge is 0.407 e. The number of amides is 2. The number of carbonyl (C=O) groups excluding carboxylic acids is 2. The average molecular weight is 475 g/mol. The number of rotatable bonds is 8. The standard InChI is InChI=1S/C23H27ClN4O5/c1-23(2,3)33-22(30)25-11-5-6-20(29)26-15-8-9-16(19(13-15)31-4)27-21-28-17-12-14(24)7-10-18(17)32-21/h7-10,12-13H,5-6,11H2,1-4H3,(H,25,30)(H,26,29)(H,27,28). The number of hydrogen-bond acceptors (Lipinski definition) is 7. The van der Waals surface area contributed by atoms with Crippen LogP contribution >= 0.6 is 11.6 Å². The van der Waals surface area contributed by atoms with Crippen LogP contribution in [-0.4, -0.2) is 36.2 Å². The van der Waals surface area contributed by atoms with Gasteiger partial charge >= 0.3 is 6.09 Å². The second kappa shape index (κ2) is 10.4. The molecule has 176 valence electrons. The first-order chi connectivity index (χ1) is 15.6. The monoisotopic (exact) mass is 474 g/mol. The van der Waals surface area contributed by atoms with Crippen LogP contribution < -0.4 is 20.7 Å². The van der Waals surface area contributed by atoms with E-state index in [4.69, 9.17) is 25.5 Å². The molecule has 0 atom stereocenters. The largest absolute Gasteiger partial charge is 0.494 e. The number of carbonyl (C=O) groups is 2. The molecule has 10 heteroatoms. The van der Waals surface area contributed by atoms with E-state index in [2.05, 4.69) is 20.9 Å². The predicted molar refractivity (Wildman–Crippen MR) is 127 cm³/mol. The molecule has 0 saturated heterocycles. The van der Waals surface area contributed by atoms with Crippen LogP contribution in [0.1, 0.15) is 33.6 Å². The van der Waals surface area contributed by atoms with E-state index in [-0.39, 0.29) is 12.3 Å². The summed E-state index contributed by atoms with van der Waals surface area (Å²) < 4.78 is 16.3. The van der Waals surface area contributed by atoms with E-state index in [1.807, 2.05) is 0 Å². The molecule has 0 aliphatic carbocycles. The van der Waals surface area contributed by atoms with Crippen molar-refractivity contribution in [1.82, 2.24) is 10.3 Å². The van der Waals surface area contributed by atoms with Gasteiger partial charge in [0.1, 0.15) is 16.9 Å². The van der Waals surface area contributed by atoms with Gasteiger partial charge in [-0.25, -0.2) is 4.79 Å². The highest BCUT2D eigenvalue weighted by Gasteiger charge is 2.16. The van der Waals surface area contributed by atoms with Crippen molar-refractivity contribution >= 4 is 52.1 Å². The Morgan fingerprint density at radius 2 is 1.94 bits per heavy atom. The topological polar surface area (TPSA) is 115 Å². The second-order valence-electron chi connectivity index (χ2n) is 8.25. The van der Waals surface area contributed by atoms with Crippen LogP contribution in [0.15, 0.2) is 40.8 Å². The number of methoxy groups -OCH3 is 1. The molecule has 3 rings (SSSR count). The van der Waals surface area contributed by atoms with Crippen LogP contribution in [0.25, 0.3) is 11.1 Å². The van der Waals surface area contributed by atoms with E-state index in [0.717, 1.165) is 0 Å². The molecule has 0 unspecified atom stereocenters. The van der Waals surface area contributed by atoms with Gasteiger partial charge in [-0.1, -0.05) is 11.6 Å². The van der Waals surface area contributed by atoms with Crippen molar-refractivity contribution in [2.75, 3.05) is 24.3 Å². The Balaban J connectivity index is 1.53. The first-order valence-electron chi connectivity index (χ1n) is 10.4. The van der Waals surface area contributed by atoms with Crippen molar-refractivity contribution in [2.45, 2.75) is 39.2 Å². The van der Waals surface area contributed by atoms with E-state index in [1.165, 1.54) is 7.11 Å². The van der Waals surface area contributed by atoms with Crippen molar-refractivity contribution < 1.29 is 23.5 Å². The lowest BCUT2D eigenvalue weighted by atomic mass is 10.2. The summed E-state index contributed by atoms with van der Waals surface area (Å²) in [5.41, 5.74) is 1.87. The molecule has 0 bridgehead atoms. The number of benzene rings is 2. The number of anilines is 3. The second-order valence-corrected chi connectivity index (χ2v) is 8.69. The number of alkyl carbamates (subject to hydrolysis) is 1. The fourth-order valence-corrected chi connectivity index (χ4v) is 3.08. The molecule has 3 aromatic rings. The number of oxazole rings is 1. The average Bonchev–Trinajstić information content (AvgIpc) is 3.12. The number of ether oxygens (including phenoxy) is 2. The van der Waals surface area contributed by atoms with Crippen molar-refractivity contribution in [1.29, 1.82) is 0 Å². The van der Waals surface area contributed by atoms with Crippen LogP contribution in [0.2, 0.25) is 5.02 Å². The minimum atomic E-state index is -0.560. The maximum Gasteiger partial charge on any atom is 0.407 e. The van der Waals surface area contributed by atoms with Crippen molar-refractivity contribution in [3.05, 3.63) is 41.4 Å². The van der Waals surface area contributed by atoms with Crippen molar-refractivity contribution in [3.8, 4) is 5.75 Å². The van der Waals surface area contributed by atoms with Crippen LogP contribution in [0.3, 0.4) is 0 Å². The summed E-state index contributed by atoms with van der Waals surface area (Å²) in [6.45, 7) is 5.71. The van der Waals surface area contributed by atoms with Crippen LogP contribution in [-0.2, 0) is 9.53 Å². The summed E-state index contributed by atoms with van der Waals surface area (Å²) >= 11 is 5.99. The Bertz CT molecular complexity index is 1140. The van der Waals surface area contributed by atoms with Crippen molar-refractivity contribution in [2.24, 2.45) is 0 Å². The van der Waals surface area contributed by atoms with Gasteiger partial charge in [0.15, 0.2) is 5.58 Å². The van der Waals surface area contributed by atoms with Gasteiger partial charge in [-0.3, -0.25) is 4.79 Å². The van der Waals surface area contributed by atoms with Crippen LogP contribution in [0.4, 0.5) is 22.2 Å². The molecule has 33 heavy (non-hydrogen) atoms. The minimum absolute atomic E-state index is 0.181. The molecule has 2 aromatic carbocycles. The van der Waals surface area contributed by atoms with Crippen LogP contribution in [0.5, 0.6) is 5.75 Å². The van der Waals surface area contributed by atoms with E-state index < -0.39 is 11.7 Å². The van der Waals surface area contributed by atoms with Gasteiger partial charge in [0.2, 0.25) is 5.91 Å². The molecule has 9 nitrogen and oxygen atoms in total. The molecular formula is C23H27ClN4O5. The van der Waals surface area contributed by atoms with Gasteiger partial charge in [-0.2, -0.15) is 4.98 Å². The molecule has 0 fully saturated rings. The number of fused-ring (bicyclic) bond motifs is 1. The lowest BCUT2D eigenvalue weighted by molar-refractivity contribution is -0.116. The lowest BCUT2D eigenvalue weighted by Gasteiger charge is -2.19. The molecule has 2 amide bonds. The minimum Gasteiger partial charge on any atom is -0.494 e. The zero-order valence-corrected chi connectivity index (χ0v) is 19.7. The summed E-state index contributed by atoms with van der Waals surface area (Å²) in [6, 6.07) is 10.7. The molecule has 0 saturated carbocycles. The number of nitrogens with one attached hydrogen (secondary N) is 3. The molecule has 3 N–H and O–H groups in total. The maximum absolute atomic E-state index is 12.2. The Morgan fingerprint density at radius 3 is 2.67 bits per heavy atom. The molecule has 0 aliphatic rings. The Morgan fingerprint density at radius 1 is 1.15 bits per heavy atom. The highest BCUT2D eigenvalue weighted by Crippen LogP contribution is 2.32. The Kier molecular flexibility index (Phi) is 7.65. The molecule has 0 spiro atoms. The van der Waals surface area contributed by atoms with E-state index >= 15 is 0 Å². The molecule has 1 aromatic heterocycles. The lowest BCUT2D eigenvalue weighted by Crippen LogP contribution is -2.33. The van der Waals surface area contributed by atoms with Gasteiger partial charge in [-0.05, 0) is 57.5 Å². The molecule has 0 radical (unpaired) electrons. The third-order valence-electron chi connectivity index (χ3n) is 4.33. The Hall–Kier alpha value is -3.46. The molecule has 1 heterocycles. The SMILES string of the molecule is COc1cc(NC(=O)CCCNC(=O)OC(C)(C)C)ccc1Nc1nc2cc(Cl)ccc2o1. The quantitative estimate of drug-likeness (QED) is 0.370. The van der Waals surface area contributed by atoms with Gasteiger partial charge in [-0.15, -0.1) is 0 Å². The van der Waals surface area contributed by atoms with E-state index in [9.17, 15) is 9.59 Å². The molecular weight excluding hydrogens is 448 g/mol. The predicted octanol–water partition coefficient (Wildman–Crippen LogP) is 5.48. The van der Waals surface area contributed by atoms with Crippen molar-refractivity contribution in [3.63, 3.8) is 0 Å². The summed E-state index contributed by atoms with van der Waals surface area (Å²) in [4.78, 5) is 28.2. The van der Waals surface area contributed by atoms with E-state index in [1.54, 1.807) is 57.2 Å². The number of halogens is 1. The number of hydrogen-bond donors (Lipinski definition) is 3. The van der Waals surface area contributed by atoms with Gasteiger partial charge < -0.3 is 29.8 Å². The summed E-state index contributed by atoms with van der Waals surface area (Å²) in [5.74, 6) is 0.319. The fourth-order valence-electron chi connectivity index (χ4n) is 2.92. The third kappa shape index (κ3) is 7.28. The normalized spacial score (nSPS) is 11.2. The zero-order valence-electron chi connectivity index (χ0n) is 19.0. The van der Waals surface area contributed by atoms with E-state index in [0.29, 0.717) is 52.2 Å². The highest BCUT2D eigenvalue weighted by atomic mass is 35.5. The summed E-state index contributed by atoms with van der Waals surface area (Å²) in [7, 11) is 1.53. The van der Waals surface area contributed by atoms with Gasteiger partial charge in [0, 0.05) is 29.7 Å². The summed E-state index contributed by atoms with van der Waals surface area (Å²) in [5, 5.41) is 9.09. The van der Waals surface area contributed by atoms with Crippen LogP contribution in [0, 0.1) is 0 Å². The number of aromatic nitrogens is 1. The fraction of sp³-hybridized carbons (Fsp3) is 0.348. The molecule has 0 aliphatic heterocycles. The third-order valence-corrected chi connectivity index (χ3v) is 4.56. The highest BCUT2D eigenvalue weighted by molar-refractivity contribution is 6.31. The zero-order chi connectivity index (χ0) is 24.0. The number of nitrogens with zero attached hydrogens (tertiary/aromatic N) is 1.